The Labute approximate surface area is 112 Å². The van der Waals surface area contributed by atoms with Crippen LogP contribution in [0.2, 0.25) is 5.02 Å². The molecule has 1 fully saturated rings. The summed E-state index contributed by atoms with van der Waals surface area (Å²) in [5.41, 5.74) is 6.55. The second kappa shape index (κ2) is 5.61. The molecule has 2 unspecified atom stereocenters. The fourth-order valence-electron chi connectivity index (χ4n) is 2.32. The smallest absolute Gasteiger partial charge is 0.338 e. The third-order valence-corrected chi connectivity index (χ3v) is 3.85. The van der Waals surface area contributed by atoms with Gasteiger partial charge in [0.1, 0.15) is 6.10 Å². The zero-order valence-electron chi connectivity index (χ0n) is 10.5. The Morgan fingerprint density at radius 1 is 1.39 bits per heavy atom. The molecule has 0 spiro atoms. The van der Waals surface area contributed by atoms with Crippen LogP contribution >= 0.6 is 11.6 Å². The van der Waals surface area contributed by atoms with E-state index < -0.39 is 0 Å². The molecule has 0 saturated heterocycles. The number of benzene rings is 1. The molecule has 4 heteroatoms. The van der Waals surface area contributed by atoms with Crippen molar-refractivity contribution in [1.29, 1.82) is 0 Å². The molecule has 2 atom stereocenters. The highest BCUT2D eigenvalue weighted by Gasteiger charge is 2.25. The summed E-state index contributed by atoms with van der Waals surface area (Å²) in [5, 5.41) is 0.390. The highest BCUT2D eigenvalue weighted by atomic mass is 35.5. The van der Waals surface area contributed by atoms with Crippen molar-refractivity contribution < 1.29 is 9.53 Å². The molecule has 1 aromatic carbocycles. The fraction of sp³-hybridized carbons (Fsp3) is 0.500. The van der Waals surface area contributed by atoms with Crippen molar-refractivity contribution in [2.45, 2.75) is 38.7 Å². The number of carbonyl (C=O) groups excluding carboxylic acids is 1. The monoisotopic (exact) mass is 267 g/mol. The SMILES string of the molecule is CC1CCCCC1OC(=O)c1ccc(N)c(Cl)c1. The van der Waals surface area contributed by atoms with E-state index in [1.807, 2.05) is 0 Å². The standard InChI is InChI=1S/C14H18ClNO2/c1-9-4-2-3-5-13(9)18-14(17)10-6-7-12(16)11(15)8-10/h6-9,13H,2-5,16H2,1H3. The van der Waals surface area contributed by atoms with Gasteiger partial charge in [0, 0.05) is 0 Å². The van der Waals surface area contributed by atoms with E-state index in [0.29, 0.717) is 22.2 Å². The zero-order chi connectivity index (χ0) is 13.1. The van der Waals surface area contributed by atoms with Gasteiger partial charge in [-0.25, -0.2) is 4.79 Å². The second-order valence-electron chi connectivity index (χ2n) is 4.94. The van der Waals surface area contributed by atoms with E-state index in [1.54, 1.807) is 18.2 Å². The number of nitrogen functional groups attached to an aromatic ring is 1. The summed E-state index contributed by atoms with van der Waals surface area (Å²) in [4.78, 5) is 12.0. The summed E-state index contributed by atoms with van der Waals surface area (Å²) in [7, 11) is 0. The van der Waals surface area contributed by atoms with Gasteiger partial charge in [-0.2, -0.15) is 0 Å². The van der Waals surface area contributed by atoms with Crippen LogP contribution in [0.25, 0.3) is 0 Å². The van der Waals surface area contributed by atoms with Crippen LogP contribution in [0.3, 0.4) is 0 Å². The van der Waals surface area contributed by atoms with Gasteiger partial charge in [0.25, 0.3) is 0 Å². The quantitative estimate of drug-likeness (QED) is 0.657. The van der Waals surface area contributed by atoms with Gasteiger partial charge < -0.3 is 10.5 Å². The first-order valence-electron chi connectivity index (χ1n) is 6.34. The normalized spacial score (nSPS) is 23.7. The highest BCUT2D eigenvalue weighted by molar-refractivity contribution is 6.33. The molecule has 2 rings (SSSR count). The predicted octanol–water partition coefficient (Wildman–Crippen LogP) is 3.66. The predicted molar refractivity (Wildman–Crippen MR) is 72.7 cm³/mol. The van der Waals surface area contributed by atoms with E-state index in [9.17, 15) is 4.79 Å². The number of anilines is 1. The van der Waals surface area contributed by atoms with Crippen LogP contribution in [-0.4, -0.2) is 12.1 Å². The molecule has 1 aliphatic carbocycles. The van der Waals surface area contributed by atoms with Gasteiger partial charge in [-0.15, -0.1) is 0 Å². The minimum absolute atomic E-state index is 0.0302. The zero-order valence-corrected chi connectivity index (χ0v) is 11.2. The molecule has 0 radical (unpaired) electrons. The third kappa shape index (κ3) is 2.96. The van der Waals surface area contributed by atoms with Gasteiger partial charge >= 0.3 is 5.97 Å². The Kier molecular flexibility index (Phi) is 4.12. The average molecular weight is 268 g/mol. The lowest BCUT2D eigenvalue weighted by molar-refractivity contribution is 0.00482. The highest BCUT2D eigenvalue weighted by Crippen LogP contribution is 2.27. The lowest BCUT2D eigenvalue weighted by Crippen LogP contribution is -2.28. The Morgan fingerprint density at radius 3 is 2.78 bits per heavy atom. The van der Waals surface area contributed by atoms with Crippen molar-refractivity contribution in [1.82, 2.24) is 0 Å². The number of halogens is 1. The number of hydrogen-bond donors (Lipinski definition) is 1. The summed E-state index contributed by atoms with van der Waals surface area (Å²) in [6.45, 7) is 2.13. The lowest BCUT2D eigenvalue weighted by Gasteiger charge is -2.28. The first-order valence-corrected chi connectivity index (χ1v) is 6.71. The van der Waals surface area contributed by atoms with Gasteiger partial charge in [0.15, 0.2) is 0 Å². The maximum atomic E-state index is 12.0. The van der Waals surface area contributed by atoms with Crippen molar-refractivity contribution in [3.8, 4) is 0 Å². The van der Waals surface area contributed by atoms with Crippen molar-refractivity contribution in [2.24, 2.45) is 5.92 Å². The Bertz CT molecular complexity index is 447. The molecule has 0 amide bonds. The van der Waals surface area contributed by atoms with E-state index in [-0.39, 0.29) is 12.1 Å². The molecular formula is C14H18ClNO2. The number of rotatable bonds is 2. The van der Waals surface area contributed by atoms with E-state index in [1.165, 1.54) is 6.42 Å². The van der Waals surface area contributed by atoms with E-state index in [0.717, 1.165) is 19.3 Å². The molecule has 0 heterocycles. The van der Waals surface area contributed by atoms with Gasteiger partial charge in [-0.3, -0.25) is 0 Å². The topological polar surface area (TPSA) is 52.3 Å². The molecule has 2 N–H and O–H groups in total. The average Bonchev–Trinajstić information content (AvgIpc) is 2.35. The van der Waals surface area contributed by atoms with Crippen LogP contribution in [0.5, 0.6) is 0 Å². The number of nitrogens with two attached hydrogens (primary N) is 1. The maximum Gasteiger partial charge on any atom is 0.338 e. The maximum absolute atomic E-state index is 12.0. The van der Waals surface area contributed by atoms with Crippen molar-refractivity contribution in [3.05, 3.63) is 28.8 Å². The minimum Gasteiger partial charge on any atom is -0.459 e. The Balaban J connectivity index is 2.04. The van der Waals surface area contributed by atoms with E-state index in [2.05, 4.69) is 6.92 Å². The molecule has 18 heavy (non-hydrogen) atoms. The molecule has 0 aliphatic heterocycles. The number of esters is 1. The van der Waals surface area contributed by atoms with Crippen LogP contribution in [0.15, 0.2) is 18.2 Å². The summed E-state index contributed by atoms with van der Waals surface area (Å²) in [6.07, 6.45) is 4.46. The minimum atomic E-state index is -0.310. The van der Waals surface area contributed by atoms with Gasteiger partial charge in [0.2, 0.25) is 0 Å². The largest absolute Gasteiger partial charge is 0.459 e. The third-order valence-electron chi connectivity index (χ3n) is 3.53. The molecular weight excluding hydrogens is 250 g/mol. The number of ether oxygens (including phenoxy) is 1. The molecule has 1 saturated carbocycles. The molecule has 1 aromatic rings. The van der Waals surface area contributed by atoms with Crippen molar-refractivity contribution in [3.63, 3.8) is 0 Å². The molecule has 0 bridgehead atoms. The number of hydrogen-bond acceptors (Lipinski definition) is 3. The fourth-order valence-corrected chi connectivity index (χ4v) is 2.50. The van der Waals surface area contributed by atoms with Crippen LogP contribution in [0, 0.1) is 5.92 Å². The van der Waals surface area contributed by atoms with Crippen molar-refractivity contribution in [2.75, 3.05) is 5.73 Å². The van der Waals surface area contributed by atoms with Crippen LogP contribution in [0.1, 0.15) is 43.0 Å². The second-order valence-corrected chi connectivity index (χ2v) is 5.35. The summed E-state index contributed by atoms with van der Waals surface area (Å²) in [6, 6.07) is 4.84. The summed E-state index contributed by atoms with van der Waals surface area (Å²) < 4.78 is 5.55. The lowest BCUT2D eigenvalue weighted by atomic mass is 9.88. The first-order chi connectivity index (χ1) is 8.58. The molecule has 0 aromatic heterocycles. The van der Waals surface area contributed by atoms with E-state index in [4.69, 9.17) is 22.1 Å². The summed E-state index contributed by atoms with van der Waals surface area (Å²) >= 11 is 5.90. The first kappa shape index (κ1) is 13.2. The van der Waals surface area contributed by atoms with Crippen LogP contribution in [-0.2, 0) is 4.74 Å². The van der Waals surface area contributed by atoms with Gasteiger partial charge in [-0.1, -0.05) is 24.9 Å². The Morgan fingerprint density at radius 2 is 2.11 bits per heavy atom. The van der Waals surface area contributed by atoms with E-state index >= 15 is 0 Å². The summed E-state index contributed by atoms with van der Waals surface area (Å²) in [5.74, 6) is 0.127. The molecule has 98 valence electrons. The van der Waals surface area contributed by atoms with Crippen LogP contribution in [0.4, 0.5) is 5.69 Å². The Hall–Kier alpha value is -1.22. The van der Waals surface area contributed by atoms with Gasteiger partial charge in [-0.05, 0) is 43.4 Å². The van der Waals surface area contributed by atoms with Crippen LogP contribution < -0.4 is 5.73 Å². The number of carbonyl (C=O) groups is 1. The van der Waals surface area contributed by atoms with Gasteiger partial charge in [0.05, 0.1) is 16.3 Å². The molecule has 1 aliphatic rings. The molecule has 3 nitrogen and oxygen atoms in total. The van der Waals surface area contributed by atoms with Crippen molar-refractivity contribution >= 4 is 23.3 Å².